The summed E-state index contributed by atoms with van der Waals surface area (Å²) < 4.78 is 2.10. The Labute approximate surface area is 87.6 Å². The molecule has 14 heavy (non-hydrogen) atoms. The lowest BCUT2D eigenvalue weighted by atomic mass is 10.3. The van der Waals surface area contributed by atoms with Crippen LogP contribution in [-0.2, 0) is 0 Å². The van der Waals surface area contributed by atoms with E-state index in [0.717, 1.165) is 4.47 Å². The third-order valence-corrected chi connectivity index (χ3v) is 2.26. The van der Waals surface area contributed by atoms with Gasteiger partial charge in [-0.2, -0.15) is 5.26 Å². The molecule has 2 aromatic rings. The molecular formula is C9H4BrN3O. The number of fused-ring (bicyclic) bond motifs is 1. The Morgan fingerprint density at radius 2 is 2.29 bits per heavy atom. The maximum Gasteiger partial charge on any atom is 0.275 e. The van der Waals surface area contributed by atoms with Crippen molar-refractivity contribution in [2.24, 2.45) is 0 Å². The van der Waals surface area contributed by atoms with E-state index in [9.17, 15) is 4.79 Å². The Hall–Kier alpha value is -1.67. The van der Waals surface area contributed by atoms with Crippen molar-refractivity contribution in [2.45, 2.75) is 0 Å². The lowest BCUT2D eigenvalue weighted by Gasteiger charge is -1.99. The van der Waals surface area contributed by atoms with E-state index in [1.54, 1.807) is 24.4 Å². The van der Waals surface area contributed by atoms with Crippen molar-refractivity contribution in [2.75, 3.05) is 0 Å². The fourth-order valence-electron chi connectivity index (χ4n) is 1.13. The number of pyridine rings is 1. The van der Waals surface area contributed by atoms with Gasteiger partial charge in [0.05, 0.1) is 6.20 Å². The SMILES string of the molecule is N#Cc1cnc2ccc(Br)cn2c1=O. The number of rotatable bonds is 0. The van der Waals surface area contributed by atoms with Crippen molar-refractivity contribution < 1.29 is 0 Å². The van der Waals surface area contributed by atoms with Gasteiger partial charge in [-0.1, -0.05) is 0 Å². The minimum Gasteiger partial charge on any atom is -0.267 e. The molecule has 0 aliphatic heterocycles. The van der Waals surface area contributed by atoms with Gasteiger partial charge < -0.3 is 0 Å². The van der Waals surface area contributed by atoms with E-state index < -0.39 is 0 Å². The van der Waals surface area contributed by atoms with Crippen LogP contribution in [0.25, 0.3) is 5.65 Å². The molecule has 0 aromatic carbocycles. The highest BCUT2D eigenvalue weighted by molar-refractivity contribution is 9.10. The van der Waals surface area contributed by atoms with Crippen LogP contribution in [0.5, 0.6) is 0 Å². The van der Waals surface area contributed by atoms with E-state index >= 15 is 0 Å². The predicted octanol–water partition coefficient (Wildman–Crippen LogP) is 1.33. The molecule has 0 spiro atoms. The van der Waals surface area contributed by atoms with Crippen LogP contribution in [-0.4, -0.2) is 9.38 Å². The van der Waals surface area contributed by atoms with E-state index in [4.69, 9.17) is 5.26 Å². The first-order valence-corrected chi connectivity index (χ1v) is 4.58. The third kappa shape index (κ3) is 1.30. The molecule has 0 atom stereocenters. The molecule has 0 amide bonds. The smallest absolute Gasteiger partial charge is 0.267 e. The molecule has 0 N–H and O–H groups in total. The van der Waals surface area contributed by atoms with Gasteiger partial charge in [0.2, 0.25) is 0 Å². The van der Waals surface area contributed by atoms with Gasteiger partial charge in [-0.05, 0) is 28.1 Å². The number of hydrogen-bond donors (Lipinski definition) is 0. The van der Waals surface area contributed by atoms with Gasteiger partial charge in [0.15, 0.2) is 0 Å². The Bertz CT molecular complexity index is 597. The van der Waals surface area contributed by atoms with Gasteiger partial charge in [-0.25, -0.2) is 4.98 Å². The van der Waals surface area contributed by atoms with E-state index in [0.29, 0.717) is 5.65 Å². The minimum absolute atomic E-state index is 0.0422. The molecular weight excluding hydrogens is 246 g/mol. The van der Waals surface area contributed by atoms with Gasteiger partial charge in [-0.15, -0.1) is 0 Å². The topological polar surface area (TPSA) is 58.2 Å². The highest BCUT2D eigenvalue weighted by Crippen LogP contribution is 2.08. The molecule has 0 aliphatic carbocycles. The summed E-state index contributed by atoms with van der Waals surface area (Å²) in [4.78, 5) is 15.6. The Morgan fingerprint density at radius 3 is 3.00 bits per heavy atom. The van der Waals surface area contributed by atoms with Crippen LogP contribution in [0.4, 0.5) is 0 Å². The number of hydrogen-bond acceptors (Lipinski definition) is 3. The zero-order chi connectivity index (χ0) is 10.1. The first kappa shape index (κ1) is 8.91. The summed E-state index contributed by atoms with van der Waals surface area (Å²) in [6.45, 7) is 0. The van der Waals surface area contributed by atoms with Crippen LogP contribution in [0.15, 0.2) is 33.8 Å². The van der Waals surface area contributed by atoms with Gasteiger partial charge in [0.1, 0.15) is 17.3 Å². The molecule has 68 valence electrons. The molecule has 5 heteroatoms. The predicted molar refractivity (Wildman–Crippen MR) is 53.9 cm³/mol. The number of nitriles is 1. The fraction of sp³-hybridized carbons (Fsp3) is 0. The largest absolute Gasteiger partial charge is 0.275 e. The number of halogens is 1. The summed E-state index contributed by atoms with van der Waals surface area (Å²) in [7, 11) is 0. The molecule has 0 saturated heterocycles. The van der Waals surface area contributed by atoms with Crippen LogP contribution in [0, 0.1) is 11.3 Å². The lowest BCUT2D eigenvalue weighted by molar-refractivity contribution is 1.03. The summed E-state index contributed by atoms with van der Waals surface area (Å²) in [5.41, 5.74) is 0.219. The highest BCUT2D eigenvalue weighted by Gasteiger charge is 2.03. The zero-order valence-corrected chi connectivity index (χ0v) is 8.52. The van der Waals surface area contributed by atoms with Crippen LogP contribution >= 0.6 is 15.9 Å². The molecule has 4 nitrogen and oxygen atoms in total. The van der Waals surface area contributed by atoms with E-state index in [-0.39, 0.29) is 11.1 Å². The second-order valence-corrected chi connectivity index (χ2v) is 3.58. The normalized spacial score (nSPS) is 10.0. The van der Waals surface area contributed by atoms with E-state index in [2.05, 4.69) is 20.9 Å². The maximum absolute atomic E-state index is 11.6. The average Bonchev–Trinajstić information content (AvgIpc) is 2.20. The van der Waals surface area contributed by atoms with Crippen molar-refractivity contribution in [3.63, 3.8) is 0 Å². The third-order valence-electron chi connectivity index (χ3n) is 1.79. The van der Waals surface area contributed by atoms with Crippen molar-refractivity contribution in [1.82, 2.24) is 9.38 Å². The van der Waals surface area contributed by atoms with Crippen molar-refractivity contribution in [3.05, 3.63) is 44.9 Å². The summed E-state index contributed by atoms with van der Waals surface area (Å²) in [5, 5.41) is 8.63. The summed E-state index contributed by atoms with van der Waals surface area (Å²) >= 11 is 3.24. The molecule has 0 bridgehead atoms. The number of aromatic nitrogens is 2. The molecule has 2 aromatic heterocycles. The molecule has 2 rings (SSSR count). The second kappa shape index (κ2) is 3.24. The molecule has 0 radical (unpaired) electrons. The molecule has 0 saturated carbocycles. The summed E-state index contributed by atoms with van der Waals surface area (Å²) in [6, 6.07) is 5.28. The Balaban J connectivity index is 2.96. The van der Waals surface area contributed by atoms with Crippen LogP contribution < -0.4 is 5.56 Å². The van der Waals surface area contributed by atoms with Crippen molar-refractivity contribution >= 4 is 21.6 Å². The standard InChI is InChI=1S/C9H4BrN3O/c10-7-1-2-8-12-4-6(3-11)9(14)13(8)5-7/h1-2,4-5H. The van der Waals surface area contributed by atoms with Crippen LogP contribution in [0.2, 0.25) is 0 Å². The van der Waals surface area contributed by atoms with Gasteiger partial charge in [-0.3, -0.25) is 9.20 Å². The molecule has 0 unspecified atom stereocenters. The number of nitrogens with zero attached hydrogens (tertiary/aromatic N) is 3. The van der Waals surface area contributed by atoms with Crippen molar-refractivity contribution in [3.8, 4) is 6.07 Å². The summed E-state index contributed by atoms with van der Waals surface area (Å²) in [6.07, 6.45) is 2.87. The first-order valence-electron chi connectivity index (χ1n) is 3.79. The van der Waals surface area contributed by atoms with Gasteiger partial charge in [0.25, 0.3) is 5.56 Å². The quantitative estimate of drug-likeness (QED) is 0.708. The minimum atomic E-state index is -0.348. The van der Waals surface area contributed by atoms with E-state index in [1.165, 1.54) is 10.6 Å². The first-order chi connectivity index (χ1) is 6.72. The highest BCUT2D eigenvalue weighted by atomic mass is 79.9. The zero-order valence-electron chi connectivity index (χ0n) is 6.94. The van der Waals surface area contributed by atoms with Crippen LogP contribution in [0.3, 0.4) is 0 Å². The summed E-state index contributed by atoms with van der Waals surface area (Å²) in [5.74, 6) is 0. The van der Waals surface area contributed by atoms with Gasteiger partial charge >= 0.3 is 0 Å². The van der Waals surface area contributed by atoms with Crippen LogP contribution in [0.1, 0.15) is 5.56 Å². The van der Waals surface area contributed by atoms with Crippen molar-refractivity contribution in [1.29, 1.82) is 5.26 Å². The monoisotopic (exact) mass is 249 g/mol. The molecule has 0 aliphatic rings. The Morgan fingerprint density at radius 1 is 1.50 bits per heavy atom. The Kier molecular flexibility index (Phi) is 2.06. The molecule has 2 heterocycles. The fourth-order valence-corrected chi connectivity index (χ4v) is 1.46. The average molecular weight is 250 g/mol. The lowest BCUT2D eigenvalue weighted by Crippen LogP contribution is -2.17. The van der Waals surface area contributed by atoms with Gasteiger partial charge in [0, 0.05) is 10.7 Å². The maximum atomic E-state index is 11.6. The second-order valence-electron chi connectivity index (χ2n) is 2.66. The van der Waals surface area contributed by atoms with E-state index in [1.807, 2.05) is 0 Å². The molecule has 0 fully saturated rings.